The lowest BCUT2D eigenvalue weighted by Crippen LogP contribution is -2.27. The van der Waals surface area contributed by atoms with Gasteiger partial charge in [-0.05, 0) is 35.6 Å². The van der Waals surface area contributed by atoms with E-state index >= 15 is 0 Å². The molecule has 0 amide bonds. The van der Waals surface area contributed by atoms with Gasteiger partial charge in [0.2, 0.25) is 5.78 Å². The van der Waals surface area contributed by atoms with Crippen LogP contribution in [0.2, 0.25) is 0 Å². The van der Waals surface area contributed by atoms with Crippen LogP contribution < -0.4 is 16.0 Å². The third-order valence-corrected chi connectivity index (χ3v) is 6.06. The number of benzene rings is 2. The first-order valence-electron chi connectivity index (χ1n) is 10.0. The van der Waals surface area contributed by atoms with Gasteiger partial charge in [-0.2, -0.15) is 0 Å². The summed E-state index contributed by atoms with van der Waals surface area (Å²) in [5.74, 6) is 1.09. The Kier molecular flexibility index (Phi) is 5.13. The van der Waals surface area contributed by atoms with Crippen LogP contribution in [0.1, 0.15) is 5.56 Å². The van der Waals surface area contributed by atoms with Gasteiger partial charge in [0.1, 0.15) is 17.1 Å². The van der Waals surface area contributed by atoms with Crippen molar-refractivity contribution < 1.29 is 4.74 Å². The minimum Gasteiger partial charge on any atom is -0.492 e. The van der Waals surface area contributed by atoms with Gasteiger partial charge in [0.05, 0.1) is 12.1 Å². The van der Waals surface area contributed by atoms with E-state index in [2.05, 4.69) is 5.10 Å². The van der Waals surface area contributed by atoms with Crippen LogP contribution in [-0.4, -0.2) is 25.4 Å². The predicted octanol–water partition coefficient (Wildman–Crippen LogP) is 3.19. The Hall–Kier alpha value is -3.65. The summed E-state index contributed by atoms with van der Waals surface area (Å²) in [6, 6.07) is 21.2. The molecule has 0 aliphatic carbocycles. The summed E-state index contributed by atoms with van der Waals surface area (Å²) in [4.78, 5) is 26.2. The number of ether oxygens (including phenoxy) is 1. The molecule has 7 nitrogen and oxygen atoms in total. The van der Waals surface area contributed by atoms with E-state index in [0.717, 1.165) is 11.3 Å². The third-order valence-electron chi connectivity index (χ3n) is 5.17. The molecule has 0 aliphatic heterocycles. The summed E-state index contributed by atoms with van der Waals surface area (Å²) in [6.45, 7) is 1.03. The van der Waals surface area contributed by atoms with Crippen molar-refractivity contribution in [2.24, 2.45) is 0 Å². The zero-order valence-corrected chi connectivity index (χ0v) is 17.5. The minimum absolute atomic E-state index is 0.119. The number of para-hydroxylation sites is 1. The molecule has 0 atom stereocenters. The second-order valence-corrected chi connectivity index (χ2v) is 8.05. The predicted molar refractivity (Wildman–Crippen MR) is 121 cm³/mol. The summed E-state index contributed by atoms with van der Waals surface area (Å²) < 4.78 is 10.8. The highest BCUT2D eigenvalue weighted by Crippen LogP contribution is 2.17. The van der Waals surface area contributed by atoms with E-state index in [1.165, 1.54) is 20.4 Å². The van der Waals surface area contributed by atoms with Gasteiger partial charge in [-0.3, -0.25) is 9.36 Å². The molecular weight excluding hydrogens is 412 g/mol. The third kappa shape index (κ3) is 3.66. The first-order chi connectivity index (χ1) is 15.2. The molecule has 156 valence electrons. The first-order valence-corrected chi connectivity index (χ1v) is 10.9. The van der Waals surface area contributed by atoms with Crippen molar-refractivity contribution in [2.45, 2.75) is 19.5 Å². The van der Waals surface area contributed by atoms with Crippen LogP contribution in [0.5, 0.6) is 5.75 Å². The van der Waals surface area contributed by atoms with Crippen LogP contribution in [0.3, 0.4) is 0 Å². The van der Waals surface area contributed by atoms with Gasteiger partial charge in [0, 0.05) is 6.54 Å². The van der Waals surface area contributed by atoms with E-state index in [1.807, 2.05) is 66.0 Å². The van der Waals surface area contributed by atoms with Crippen molar-refractivity contribution >= 4 is 27.3 Å². The van der Waals surface area contributed by atoms with E-state index in [1.54, 1.807) is 10.6 Å². The van der Waals surface area contributed by atoms with E-state index < -0.39 is 0 Å². The Morgan fingerprint density at radius 2 is 1.65 bits per heavy atom. The topological polar surface area (TPSA) is 70.5 Å². The van der Waals surface area contributed by atoms with Gasteiger partial charge in [-0.15, -0.1) is 16.4 Å². The normalized spacial score (nSPS) is 11.4. The molecule has 31 heavy (non-hydrogen) atoms. The summed E-state index contributed by atoms with van der Waals surface area (Å²) in [6.07, 6.45) is 0.672. The number of fused-ring (bicyclic) bond motifs is 3. The van der Waals surface area contributed by atoms with E-state index in [0.29, 0.717) is 35.6 Å². The molecule has 0 N–H and O–H groups in total. The molecule has 2 aromatic carbocycles. The monoisotopic (exact) mass is 432 g/mol. The largest absolute Gasteiger partial charge is 0.492 e. The smallest absolute Gasteiger partial charge is 0.352 e. The summed E-state index contributed by atoms with van der Waals surface area (Å²) in [5, 5.41) is 6.33. The van der Waals surface area contributed by atoms with Gasteiger partial charge < -0.3 is 4.74 Å². The highest BCUT2D eigenvalue weighted by atomic mass is 32.1. The Bertz CT molecular complexity index is 1450. The molecule has 3 heterocycles. The zero-order valence-electron chi connectivity index (χ0n) is 16.7. The zero-order chi connectivity index (χ0) is 21.2. The first kappa shape index (κ1) is 19.3. The number of aryl methyl sites for hydroxylation is 2. The maximum Gasteiger partial charge on any atom is 0.352 e. The lowest BCUT2D eigenvalue weighted by Gasteiger charge is -2.08. The molecule has 0 radical (unpaired) electrons. The molecule has 0 saturated heterocycles. The van der Waals surface area contributed by atoms with Crippen molar-refractivity contribution in [2.75, 3.05) is 6.61 Å². The standard InChI is InChI=1S/C23H20N4O3S/c28-21-20-19(12-16-31-20)27-22(25(21)13-11-17-7-3-1-4-8-17)24-26(23(27)29)14-15-30-18-9-5-2-6-10-18/h1-10,12,16H,11,13-15H2. The summed E-state index contributed by atoms with van der Waals surface area (Å²) in [7, 11) is 0. The van der Waals surface area contributed by atoms with Gasteiger partial charge in [0.15, 0.2) is 0 Å². The average Bonchev–Trinajstić information content (AvgIpc) is 3.40. The van der Waals surface area contributed by atoms with Crippen LogP contribution >= 0.6 is 11.3 Å². The second-order valence-electron chi connectivity index (χ2n) is 7.13. The molecule has 0 fully saturated rings. The maximum absolute atomic E-state index is 13.1. The van der Waals surface area contributed by atoms with Gasteiger partial charge in [0.25, 0.3) is 5.56 Å². The molecule has 0 bridgehead atoms. The SMILES string of the molecule is O=c1c2sccc2n2c(=O)n(CCOc3ccccc3)nc2n1CCc1ccccc1. The van der Waals surface area contributed by atoms with Gasteiger partial charge in [-0.1, -0.05) is 48.5 Å². The van der Waals surface area contributed by atoms with Crippen molar-refractivity contribution in [1.29, 1.82) is 0 Å². The van der Waals surface area contributed by atoms with Gasteiger partial charge >= 0.3 is 5.69 Å². The van der Waals surface area contributed by atoms with Crippen molar-refractivity contribution in [3.8, 4) is 5.75 Å². The number of hydrogen-bond acceptors (Lipinski definition) is 5. The Balaban J connectivity index is 1.51. The average molecular weight is 433 g/mol. The Labute approximate surface area is 181 Å². The maximum atomic E-state index is 13.1. The summed E-state index contributed by atoms with van der Waals surface area (Å²) in [5.41, 5.74) is 1.33. The van der Waals surface area contributed by atoms with E-state index in [-0.39, 0.29) is 17.8 Å². The summed E-state index contributed by atoms with van der Waals surface area (Å²) >= 11 is 1.34. The van der Waals surface area contributed by atoms with E-state index in [4.69, 9.17) is 4.74 Å². The van der Waals surface area contributed by atoms with Crippen LogP contribution in [0.15, 0.2) is 81.7 Å². The molecule has 3 aromatic heterocycles. The molecule has 0 saturated carbocycles. The fourth-order valence-corrected chi connectivity index (χ4v) is 4.46. The van der Waals surface area contributed by atoms with Crippen molar-refractivity contribution in [3.63, 3.8) is 0 Å². The van der Waals surface area contributed by atoms with Crippen LogP contribution in [0, 0.1) is 0 Å². The van der Waals surface area contributed by atoms with E-state index in [9.17, 15) is 9.59 Å². The fourth-order valence-electron chi connectivity index (χ4n) is 3.63. The molecule has 0 unspecified atom stereocenters. The molecular formula is C23H20N4O3S. The molecule has 5 rings (SSSR count). The quantitative estimate of drug-likeness (QED) is 0.396. The highest BCUT2D eigenvalue weighted by Gasteiger charge is 2.18. The molecule has 0 spiro atoms. The lowest BCUT2D eigenvalue weighted by atomic mass is 10.1. The van der Waals surface area contributed by atoms with Crippen molar-refractivity contribution in [1.82, 2.24) is 18.7 Å². The number of hydrogen-bond donors (Lipinski definition) is 0. The van der Waals surface area contributed by atoms with Crippen molar-refractivity contribution in [3.05, 3.63) is 98.5 Å². The Morgan fingerprint density at radius 3 is 2.42 bits per heavy atom. The highest BCUT2D eigenvalue weighted by molar-refractivity contribution is 7.17. The second kappa shape index (κ2) is 8.23. The fraction of sp³-hybridized carbons (Fsp3) is 0.174. The number of aromatic nitrogens is 4. The Morgan fingerprint density at radius 1 is 0.903 bits per heavy atom. The minimum atomic E-state index is -0.275. The van der Waals surface area contributed by atoms with Gasteiger partial charge in [-0.25, -0.2) is 13.9 Å². The lowest BCUT2D eigenvalue weighted by molar-refractivity contribution is 0.289. The van der Waals surface area contributed by atoms with Crippen LogP contribution in [0.4, 0.5) is 0 Å². The molecule has 0 aliphatic rings. The molecule has 8 heteroatoms. The number of thiophene rings is 1. The number of nitrogens with zero attached hydrogens (tertiary/aromatic N) is 4. The molecule has 5 aromatic rings. The van der Waals surface area contributed by atoms with Crippen LogP contribution in [-0.2, 0) is 19.5 Å². The van der Waals surface area contributed by atoms with Crippen LogP contribution in [0.25, 0.3) is 16.0 Å². The number of rotatable bonds is 7.